The van der Waals surface area contributed by atoms with Gasteiger partial charge >= 0.3 is 0 Å². The third kappa shape index (κ3) is 6.59. The smallest absolute Gasteiger partial charge is 0.248 e. The lowest BCUT2D eigenvalue weighted by Gasteiger charge is -2.15. The molecule has 35 heavy (non-hydrogen) atoms. The van der Waals surface area contributed by atoms with E-state index in [4.69, 9.17) is 4.98 Å². The van der Waals surface area contributed by atoms with E-state index >= 15 is 0 Å². The van der Waals surface area contributed by atoms with Crippen LogP contribution in [0.3, 0.4) is 0 Å². The molecule has 0 aliphatic rings. The Morgan fingerprint density at radius 2 is 1.83 bits per heavy atom. The summed E-state index contributed by atoms with van der Waals surface area (Å²) in [6, 6.07) is 21.3. The van der Waals surface area contributed by atoms with Gasteiger partial charge in [-0.2, -0.15) is 0 Å². The normalized spacial score (nSPS) is 12.1. The molecule has 0 bridgehead atoms. The zero-order chi connectivity index (χ0) is 24.8. The molecule has 5 nitrogen and oxygen atoms in total. The Kier molecular flexibility index (Phi) is 8.00. The molecule has 1 heterocycles. The first kappa shape index (κ1) is 24.7. The highest BCUT2D eigenvalue weighted by Crippen LogP contribution is 2.35. The Bertz CT molecular complexity index is 1380. The van der Waals surface area contributed by atoms with Crippen molar-refractivity contribution in [3.05, 3.63) is 89.5 Å². The fourth-order valence-electron chi connectivity index (χ4n) is 3.56. The van der Waals surface area contributed by atoms with E-state index in [2.05, 4.69) is 16.7 Å². The van der Waals surface area contributed by atoms with Gasteiger partial charge in [0, 0.05) is 17.5 Å². The van der Waals surface area contributed by atoms with Gasteiger partial charge in [-0.1, -0.05) is 66.7 Å². The number of nitrogens with one attached hydrogen (secondary N) is 2. The summed E-state index contributed by atoms with van der Waals surface area (Å²) in [5, 5.41) is 5.71. The lowest BCUT2D eigenvalue weighted by molar-refractivity contribution is -0.115. The summed E-state index contributed by atoms with van der Waals surface area (Å²) < 4.78 is 1.79. The molecule has 7 heteroatoms. The van der Waals surface area contributed by atoms with Crippen molar-refractivity contribution >= 4 is 62.6 Å². The van der Waals surface area contributed by atoms with E-state index in [0.29, 0.717) is 12.1 Å². The SMILES string of the molecule is CCC(Sc1nc2ccc(NC(=O)/C=C/c3ccccc3)cc2s1)C(=O)Nc1ccc(C)cc1C. The number of benzene rings is 3. The number of anilines is 2. The molecule has 3 aromatic carbocycles. The van der Waals surface area contributed by atoms with Crippen LogP contribution in [0.15, 0.2) is 77.1 Å². The van der Waals surface area contributed by atoms with E-state index < -0.39 is 0 Å². The van der Waals surface area contributed by atoms with Gasteiger partial charge in [0.2, 0.25) is 11.8 Å². The predicted octanol–water partition coefficient (Wildman–Crippen LogP) is 7.07. The van der Waals surface area contributed by atoms with Gasteiger partial charge < -0.3 is 10.6 Å². The first-order valence-electron chi connectivity index (χ1n) is 11.4. The molecule has 0 aliphatic heterocycles. The number of fused-ring (bicyclic) bond motifs is 1. The summed E-state index contributed by atoms with van der Waals surface area (Å²) in [4.78, 5) is 29.9. The van der Waals surface area contributed by atoms with E-state index in [1.165, 1.54) is 34.7 Å². The number of aromatic nitrogens is 1. The zero-order valence-corrected chi connectivity index (χ0v) is 21.5. The first-order chi connectivity index (χ1) is 16.9. The molecule has 0 fully saturated rings. The summed E-state index contributed by atoms with van der Waals surface area (Å²) in [6.45, 7) is 6.04. The maximum atomic E-state index is 12.9. The summed E-state index contributed by atoms with van der Waals surface area (Å²) in [6.07, 6.45) is 3.99. The third-order valence-corrected chi connectivity index (χ3v) is 7.89. The average Bonchev–Trinajstić information content (AvgIpc) is 3.25. The number of hydrogen-bond donors (Lipinski definition) is 2. The van der Waals surface area contributed by atoms with Gasteiger partial charge in [-0.15, -0.1) is 11.3 Å². The van der Waals surface area contributed by atoms with Crippen LogP contribution in [0.1, 0.15) is 30.0 Å². The number of rotatable bonds is 8. The monoisotopic (exact) mass is 501 g/mol. The molecular weight excluding hydrogens is 474 g/mol. The first-order valence-corrected chi connectivity index (χ1v) is 13.1. The lowest BCUT2D eigenvalue weighted by atomic mass is 10.1. The molecule has 1 aromatic heterocycles. The molecule has 2 N–H and O–H groups in total. The van der Waals surface area contributed by atoms with Gasteiger partial charge in [-0.25, -0.2) is 4.98 Å². The maximum Gasteiger partial charge on any atom is 0.248 e. The van der Waals surface area contributed by atoms with Crippen LogP contribution < -0.4 is 10.6 Å². The van der Waals surface area contributed by atoms with Crippen molar-refractivity contribution in [2.75, 3.05) is 10.6 Å². The number of nitrogens with zero attached hydrogens (tertiary/aromatic N) is 1. The second-order valence-corrected chi connectivity index (χ2v) is 10.7. The average molecular weight is 502 g/mol. The highest BCUT2D eigenvalue weighted by Gasteiger charge is 2.21. The predicted molar refractivity (Wildman–Crippen MR) is 148 cm³/mol. The fraction of sp³-hybridized carbons (Fsp3) is 0.179. The van der Waals surface area contributed by atoms with E-state index in [1.807, 2.05) is 81.4 Å². The number of carbonyl (C=O) groups is 2. The maximum absolute atomic E-state index is 12.9. The van der Waals surface area contributed by atoms with E-state index in [0.717, 1.165) is 31.4 Å². The molecule has 0 aliphatic carbocycles. The topological polar surface area (TPSA) is 71.1 Å². The second kappa shape index (κ2) is 11.3. The number of amides is 2. The van der Waals surface area contributed by atoms with E-state index in [1.54, 1.807) is 6.08 Å². The van der Waals surface area contributed by atoms with Crippen molar-refractivity contribution in [3.63, 3.8) is 0 Å². The highest BCUT2D eigenvalue weighted by atomic mass is 32.2. The van der Waals surface area contributed by atoms with Crippen molar-refractivity contribution in [2.45, 2.75) is 36.8 Å². The molecular formula is C28H27N3O2S2. The summed E-state index contributed by atoms with van der Waals surface area (Å²) in [7, 11) is 0. The molecule has 2 amide bonds. The molecule has 4 aromatic rings. The largest absolute Gasteiger partial charge is 0.325 e. The molecule has 0 saturated heterocycles. The Hall–Kier alpha value is -3.42. The minimum absolute atomic E-state index is 0.0261. The standard InChI is InChI=1S/C28H27N3O2S2/c1-4-24(27(33)30-22-13-10-18(2)16-19(22)3)34-28-31-23-14-12-21(17-25(23)35-28)29-26(32)15-11-20-8-6-5-7-9-20/h5-17,24H,4H2,1-3H3,(H,29,32)(H,30,33)/b15-11+. The van der Waals surface area contributed by atoms with Gasteiger partial charge in [0.25, 0.3) is 0 Å². The van der Waals surface area contributed by atoms with Gasteiger partial charge in [0.15, 0.2) is 4.34 Å². The van der Waals surface area contributed by atoms with Crippen LogP contribution in [0.2, 0.25) is 0 Å². The highest BCUT2D eigenvalue weighted by molar-refractivity contribution is 8.02. The number of hydrogen-bond acceptors (Lipinski definition) is 5. The molecule has 0 saturated carbocycles. The lowest BCUT2D eigenvalue weighted by Crippen LogP contribution is -2.24. The Morgan fingerprint density at radius 3 is 2.57 bits per heavy atom. The van der Waals surface area contributed by atoms with Gasteiger partial charge in [0.1, 0.15) is 0 Å². The Morgan fingerprint density at radius 1 is 1.03 bits per heavy atom. The Balaban J connectivity index is 1.41. The molecule has 0 radical (unpaired) electrons. The van der Waals surface area contributed by atoms with Crippen molar-refractivity contribution in [3.8, 4) is 0 Å². The number of aryl methyl sites for hydroxylation is 2. The van der Waals surface area contributed by atoms with Crippen molar-refractivity contribution < 1.29 is 9.59 Å². The van der Waals surface area contributed by atoms with Crippen LogP contribution >= 0.6 is 23.1 Å². The van der Waals surface area contributed by atoms with Crippen LogP contribution in [0.5, 0.6) is 0 Å². The van der Waals surface area contributed by atoms with Gasteiger partial charge in [-0.05, 0) is 61.7 Å². The van der Waals surface area contributed by atoms with Crippen LogP contribution in [0.4, 0.5) is 11.4 Å². The number of thioether (sulfide) groups is 1. The molecule has 1 atom stereocenters. The third-order valence-electron chi connectivity index (χ3n) is 5.41. The van der Waals surface area contributed by atoms with Gasteiger partial charge in [0.05, 0.1) is 15.5 Å². The summed E-state index contributed by atoms with van der Waals surface area (Å²) in [5.74, 6) is -0.219. The van der Waals surface area contributed by atoms with Crippen LogP contribution in [-0.2, 0) is 9.59 Å². The summed E-state index contributed by atoms with van der Waals surface area (Å²) in [5.41, 5.74) is 5.57. The van der Waals surface area contributed by atoms with Crippen LogP contribution in [-0.4, -0.2) is 22.0 Å². The summed E-state index contributed by atoms with van der Waals surface area (Å²) >= 11 is 3.00. The zero-order valence-electron chi connectivity index (χ0n) is 19.9. The van der Waals surface area contributed by atoms with Crippen LogP contribution in [0.25, 0.3) is 16.3 Å². The van der Waals surface area contributed by atoms with E-state index in [-0.39, 0.29) is 17.1 Å². The van der Waals surface area contributed by atoms with Gasteiger partial charge in [-0.3, -0.25) is 9.59 Å². The Labute approximate surface area is 213 Å². The molecule has 0 spiro atoms. The van der Waals surface area contributed by atoms with Crippen molar-refractivity contribution in [1.29, 1.82) is 0 Å². The van der Waals surface area contributed by atoms with Crippen molar-refractivity contribution in [1.82, 2.24) is 4.98 Å². The molecule has 1 unspecified atom stereocenters. The molecule has 4 rings (SSSR count). The second-order valence-electron chi connectivity index (χ2n) is 8.22. The molecule has 178 valence electrons. The fourth-order valence-corrected chi connectivity index (χ4v) is 5.84. The number of carbonyl (C=O) groups excluding carboxylic acids is 2. The van der Waals surface area contributed by atoms with Crippen LogP contribution in [0, 0.1) is 13.8 Å². The quantitative estimate of drug-likeness (QED) is 0.200. The number of thiazole rings is 1. The van der Waals surface area contributed by atoms with E-state index in [9.17, 15) is 9.59 Å². The van der Waals surface area contributed by atoms with Crippen molar-refractivity contribution in [2.24, 2.45) is 0 Å². The minimum atomic E-state index is -0.251. The minimum Gasteiger partial charge on any atom is -0.325 e.